The zero-order chi connectivity index (χ0) is 26.7. The van der Waals surface area contributed by atoms with Gasteiger partial charge >= 0.3 is 24.3 Å². The summed E-state index contributed by atoms with van der Waals surface area (Å²) in [5, 5.41) is 11.9. The number of carboxylic acids is 1. The fraction of sp³-hybridized carbons (Fsp3) is 0.400. The van der Waals surface area contributed by atoms with Crippen molar-refractivity contribution in [3.63, 3.8) is 0 Å². The first-order valence-corrected chi connectivity index (χ1v) is 12.1. The summed E-state index contributed by atoms with van der Waals surface area (Å²) in [6.45, 7) is 1.01. The predicted octanol–water partition coefficient (Wildman–Crippen LogP) is 5.05. The third-order valence-electron chi connectivity index (χ3n) is 6.58. The van der Waals surface area contributed by atoms with E-state index in [4.69, 9.17) is 16.3 Å². The molecular weight excluding hydrogens is 515 g/mol. The molecule has 1 fully saturated rings. The van der Waals surface area contributed by atoms with Gasteiger partial charge in [0, 0.05) is 37.8 Å². The number of para-hydroxylation sites is 1. The van der Waals surface area contributed by atoms with Crippen LogP contribution in [0.1, 0.15) is 29.5 Å². The lowest BCUT2D eigenvalue weighted by Crippen LogP contribution is -2.50. The summed E-state index contributed by atoms with van der Waals surface area (Å²) in [4.78, 5) is 40.2. The number of aliphatic carboxylic acids is 1. The number of piperidine rings is 1. The summed E-state index contributed by atoms with van der Waals surface area (Å²) in [6.07, 6.45) is -6.07. The van der Waals surface area contributed by atoms with Crippen LogP contribution in [0.15, 0.2) is 42.5 Å². The van der Waals surface area contributed by atoms with Crippen LogP contribution in [-0.2, 0) is 28.5 Å². The number of benzene rings is 2. The van der Waals surface area contributed by atoms with E-state index in [1.165, 1.54) is 11.0 Å². The Hall–Kier alpha value is -3.47. The SMILES string of the molecule is O=C(O)C(Cc1ccc(Cl)c(C(F)(F)F)c1)OC(=O)N1CCC(N2CCc3ccccc3NC2=O)CC1. The fourth-order valence-electron chi connectivity index (χ4n) is 4.60. The van der Waals surface area contributed by atoms with E-state index in [1.54, 1.807) is 4.90 Å². The normalized spacial score (nSPS) is 17.5. The Morgan fingerprint density at radius 3 is 2.51 bits per heavy atom. The third-order valence-corrected chi connectivity index (χ3v) is 6.91. The van der Waals surface area contributed by atoms with Gasteiger partial charge in [0.1, 0.15) is 0 Å². The molecule has 8 nitrogen and oxygen atoms in total. The average molecular weight is 540 g/mol. The van der Waals surface area contributed by atoms with Crippen molar-refractivity contribution in [1.29, 1.82) is 0 Å². The van der Waals surface area contributed by atoms with Gasteiger partial charge in [-0.3, -0.25) is 0 Å². The Labute approximate surface area is 215 Å². The molecule has 0 bridgehead atoms. The highest BCUT2D eigenvalue weighted by molar-refractivity contribution is 6.31. The van der Waals surface area contributed by atoms with Crippen LogP contribution in [0.4, 0.5) is 28.4 Å². The second-order valence-corrected chi connectivity index (χ2v) is 9.38. The van der Waals surface area contributed by atoms with Gasteiger partial charge in [-0.2, -0.15) is 13.2 Å². The van der Waals surface area contributed by atoms with Crippen molar-refractivity contribution in [2.45, 2.75) is 44.0 Å². The van der Waals surface area contributed by atoms with Gasteiger partial charge in [-0.15, -0.1) is 0 Å². The zero-order valence-corrected chi connectivity index (χ0v) is 20.4. The Bertz CT molecular complexity index is 1180. The second-order valence-electron chi connectivity index (χ2n) is 8.98. The minimum atomic E-state index is -4.71. The highest BCUT2D eigenvalue weighted by Crippen LogP contribution is 2.35. The molecule has 0 aromatic heterocycles. The van der Waals surface area contributed by atoms with Crippen molar-refractivity contribution < 1.29 is 37.4 Å². The molecule has 2 aromatic rings. The molecule has 0 aliphatic carbocycles. The summed E-state index contributed by atoms with van der Waals surface area (Å²) in [6, 6.07) is 10.3. The Kier molecular flexibility index (Phi) is 7.82. The van der Waals surface area contributed by atoms with Crippen LogP contribution in [0.5, 0.6) is 0 Å². The summed E-state index contributed by atoms with van der Waals surface area (Å²) in [5.41, 5.74) is 0.745. The summed E-state index contributed by atoms with van der Waals surface area (Å²) in [5.74, 6) is -1.48. The van der Waals surface area contributed by atoms with E-state index in [0.29, 0.717) is 25.8 Å². The number of amides is 3. The number of hydrogen-bond donors (Lipinski definition) is 2. The van der Waals surface area contributed by atoms with Crippen molar-refractivity contribution in [1.82, 2.24) is 9.80 Å². The van der Waals surface area contributed by atoms with Crippen LogP contribution in [0.3, 0.4) is 0 Å². The highest BCUT2D eigenvalue weighted by atomic mass is 35.5. The van der Waals surface area contributed by atoms with Crippen molar-refractivity contribution in [2.75, 3.05) is 25.0 Å². The fourth-order valence-corrected chi connectivity index (χ4v) is 4.83. The molecule has 4 rings (SSSR count). The molecule has 3 amide bonds. The van der Waals surface area contributed by atoms with Gasteiger partial charge in [0.25, 0.3) is 0 Å². The summed E-state index contributed by atoms with van der Waals surface area (Å²) < 4.78 is 44.6. The number of alkyl halides is 3. The van der Waals surface area contributed by atoms with E-state index < -0.39 is 41.3 Å². The third kappa shape index (κ3) is 6.27. The number of ether oxygens (including phenoxy) is 1. The van der Waals surface area contributed by atoms with Crippen molar-refractivity contribution >= 4 is 35.4 Å². The molecule has 2 heterocycles. The highest BCUT2D eigenvalue weighted by Gasteiger charge is 2.35. The number of carboxylic acid groups (broad SMARTS) is 1. The maximum atomic E-state index is 13.1. The number of urea groups is 1. The molecule has 12 heteroatoms. The number of fused-ring (bicyclic) bond motifs is 1. The number of anilines is 1. The van der Waals surface area contributed by atoms with Gasteiger partial charge < -0.3 is 25.0 Å². The number of rotatable bonds is 5. The lowest BCUT2D eigenvalue weighted by molar-refractivity contribution is -0.147. The largest absolute Gasteiger partial charge is 0.478 e. The van der Waals surface area contributed by atoms with Crippen LogP contribution < -0.4 is 5.32 Å². The molecule has 198 valence electrons. The quantitative estimate of drug-likeness (QED) is 0.554. The Morgan fingerprint density at radius 2 is 1.84 bits per heavy atom. The Balaban J connectivity index is 1.34. The van der Waals surface area contributed by atoms with E-state index in [1.807, 2.05) is 24.3 Å². The van der Waals surface area contributed by atoms with Crippen molar-refractivity contribution in [2.24, 2.45) is 0 Å². The summed E-state index contributed by atoms with van der Waals surface area (Å²) in [7, 11) is 0. The molecule has 1 saturated heterocycles. The number of carbonyl (C=O) groups is 3. The standard InChI is InChI=1S/C25H25ClF3N3O5/c26-19-6-5-15(13-18(19)25(27,28)29)14-21(22(33)34)37-24(36)31-10-8-17(9-11-31)32-12-7-16-3-1-2-4-20(16)30-23(32)35/h1-6,13,17,21H,7-12,14H2,(H,30,35)(H,33,34). The number of carbonyl (C=O) groups excluding carboxylic acids is 2. The molecule has 1 atom stereocenters. The lowest BCUT2D eigenvalue weighted by Gasteiger charge is -2.37. The van der Waals surface area contributed by atoms with Gasteiger partial charge in [-0.25, -0.2) is 14.4 Å². The monoisotopic (exact) mass is 539 g/mol. The number of likely N-dealkylation sites (tertiary alicyclic amines) is 1. The van der Waals surface area contributed by atoms with Crippen LogP contribution >= 0.6 is 11.6 Å². The topological polar surface area (TPSA) is 99.2 Å². The first-order valence-electron chi connectivity index (χ1n) is 11.7. The lowest BCUT2D eigenvalue weighted by atomic mass is 10.0. The van der Waals surface area contributed by atoms with Gasteiger partial charge in [0.2, 0.25) is 6.10 Å². The average Bonchev–Trinajstić information content (AvgIpc) is 3.02. The van der Waals surface area contributed by atoms with E-state index >= 15 is 0 Å². The second kappa shape index (κ2) is 10.9. The predicted molar refractivity (Wildman–Crippen MR) is 129 cm³/mol. The van der Waals surface area contributed by atoms with Crippen LogP contribution in [0, 0.1) is 0 Å². The van der Waals surface area contributed by atoms with E-state index in [0.717, 1.165) is 23.4 Å². The number of nitrogens with one attached hydrogen (secondary N) is 1. The van der Waals surface area contributed by atoms with E-state index in [2.05, 4.69) is 5.32 Å². The van der Waals surface area contributed by atoms with E-state index in [-0.39, 0.29) is 30.7 Å². The van der Waals surface area contributed by atoms with Crippen LogP contribution in [0.25, 0.3) is 0 Å². The molecule has 1 unspecified atom stereocenters. The van der Waals surface area contributed by atoms with Crippen molar-refractivity contribution in [3.05, 3.63) is 64.2 Å². The molecule has 37 heavy (non-hydrogen) atoms. The van der Waals surface area contributed by atoms with Crippen LogP contribution in [-0.4, -0.2) is 64.8 Å². The first-order chi connectivity index (χ1) is 17.5. The first kappa shape index (κ1) is 26.6. The minimum Gasteiger partial charge on any atom is -0.478 e. The number of hydrogen-bond acceptors (Lipinski definition) is 4. The molecular formula is C25H25ClF3N3O5. The maximum Gasteiger partial charge on any atom is 0.417 e. The Morgan fingerprint density at radius 1 is 1.14 bits per heavy atom. The van der Waals surface area contributed by atoms with Gasteiger partial charge in [0.15, 0.2) is 0 Å². The van der Waals surface area contributed by atoms with Gasteiger partial charge in [-0.1, -0.05) is 35.9 Å². The molecule has 0 spiro atoms. The van der Waals surface area contributed by atoms with E-state index in [9.17, 15) is 32.7 Å². The van der Waals surface area contributed by atoms with Crippen molar-refractivity contribution in [3.8, 4) is 0 Å². The number of nitrogens with zero attached hydrogens (tertiary/aromatic N) is 2. The maximum absolute atomic E-state index is 13.1. The molecule has 0 radical (unpaired) electrons. The molecule has 2 N–H and O–H groups in total. The smallest absolute Gasteiger partial charge is 0.417 e. The van der Waals surface area contributed by atoms with Crippen LogP contribution in [0.2, 0.25) is 5.02 Å². The minimum absolute atomic E-state index is 0.0174. The van der Waals surface area contributed by atoms with Gasteiger partial charge in [-0.05, 0) is 48.6 Å². The molecule has 2 aromatic carbocycles. The molecule has 2 aliphatic rings. The summed E-state index contributed by atoms with van der Waals surface area (Å²) >= 11 is 5.62. The van der Waals surface area contributed by atoms with Gasteiger partial charge in [0.05, 0.1) is 10.6 Å². The molecule has 2 aliphatic heterocycles. The zero-order valence-electron chi connectivity index (χ0n) is 19.6. The molecule has 0 saturated carbocycles. The number of halogens is 4.